The highest BCUT2D eigenvalue weighted by Gasteiger charge is 2.46. The molecule has 35 heavy (non-hydrogen) atoms. The van der Waals surface area contributed by atoms with Crippen molar-refractivity contribution in [1.29, 1.82) is 0 Å². The van der Waals surface area contributed by atoms with Crippen molar-refractivity contribution in [1.82, 2.24) is 9.47 Å². The first-order valence-corrected chi connectivity index (χ1v) is 12.5. The molecule has 2 heterocycles. The summed E-state index contributed by atoms with van der Waals surface area (Å²) in [6, 6.07) is 12.2. The molecule has 0 saturated heterocycles. The van der Waals surface area contributed by atoms with Crippen molar-refractivity contribution in [3.63, 3.8) is 0 Å². The van der Waals surface area contributed by atoms with Gasteiger partial charge >= 0.3 is 0 Å². The molecule has 4 nitrogen and oxygen atoms in total. The number of hydrogen-bond acceptors (Lipinski definition) is 3. The van der Waals surface area contributed by atoms with Gasteiger partial charge in [0.15, 0.2) is 11.2 Å². The van der Waals surface area contributed by atoms with Crippen LogP contribution in [0.3, 0.4) is 0 Å². The Morgan fingerprint density at radius 2 is 1.77 bits per heavy atom. The average molecular weight is 475 g/mol. The number of likely N-dealkylation sites (N-methyl/N-ethyl adjacent to an activating group) is 1. The first-order valence-electron chi connectivity index (χ1n) is 12.5. The molecule has 4 rings (SSSR count). The highest BCUT2D eigenvalue weighted by Crippen LogP contribution is 2.50. The van der Waals surface area contributed by atoms with Gasteiger partial charge in [0.25, 0.3) is 0 Å². The van der Waals surface area contributed by atoms with E-state index in [9.17, 15) is 9.59 Å². The molecule has 1 aliphatic heterocycles. The number of carbonyl (C=O) groups is 1. The van der Waals surface area contributed by atoms with E-state index in [1.54, 1.807) is 6.07 Å². The van der Waals surface area contributed by atoms with E-state index in [0.29, 0.717) is 5.92 Å². The van der Waals surface area contributed by atoms with Crippen LogP contribution >= 0.6 is 0 Å². The minimum absolute atomic E-state index is 0. The van der Waals surface area contributed by atoms with Crippen molar-refractivity contribution >= 4 is 17.1 Å². The number of pyridine rings is 1. The van der Waals surface area contributed by atoms with Crippen molar-refractivity contribution in [3.05, 3.63) is 94.4 Å². The summed E-state index contributed by atoms with van der Waals surface area (Å²) in [4.78, 5) is 27.7. The maximum absolute atomic E-state index is 13.1. The number of Topliss-reactive ketones (excluding diaryl/α,β-unsaturated/α-hetero) is 1. The maximum atomic E-state index is 13.1. The molecule has 188 valence electrons. The molecule has 0 N–H and O–H groups in total. The topological polar surface area (TPSA) is 42.3 Å². The standard InChI is InChI=1S/C29H36N2O2.C2H4.H2/c1-8-22(20-14-15-20)26(21-12-10-9-11-13-21)27-24-16-25(33)23(19(2)32)17-31(24)29(6,18-30(27)7)28(3,4)5;1-2;/h8-13,16-17,20H,14-15,18H2,1-7H3;1-2H2;1H/b22-8+,27-26-;;/t29-;;/m0../s1. The number of rotatable bonds is 4. The summed E-state index contributed by atoms with van der Waals surface area (Å²) >= 11 is 0. The van der Waals surface area contributed by atoms with E-state index in [-0.39, 0.29) is 29.2 Å². The molecule has 0 unspecified atom stereocenters. The number of aromatic nitrogens is 1. The second-order valence-corrected chi connectivity index (χ2v) is 10.9. The summed E-state index contributed by atoms with van der Waals surface area (Å²) in [5.74, 6) is 0.366. The lowest BCUT2D eigenvalue weighted by Crippen LogP contribution is -2.55. The number of allylic oxidation sites excluding steroid dienone is 3. The van der Waals surface area contributed by atoms with Gasteiger partial charge in [-0.25, -0.2) is 0 Å². The van der Waals surface area contributed by atoms with Crippen LogP contribution in [-0.2, 0) is 5.54 Å². The molecule has 1 atom stereocenters. The molecular weight excluding hydrogens is 432 g/mol. The third-order valence-corrected chi connectivity index (χ3v) is 7.66. The van der Waals surface area contributed by atoms with Gasteiger partial charge in [0.2, 0.25) is 0 Å². The van der Waals surface area contributed by atoms with Crippen LogP contribution in [0.15, 0.2) is 72.2 Å². The molecule has 1 saturated carbocycles. The van der Waals surface area contributed by atoms with Gasteiger partial charge in [-0.05, 0) is 56.1 Å². The minimum Gasteiger partial charge on any atom is -0.370 e. The van der Waals surface area contributed by atoms with Gasteiger partial charge in [-0.3, -0.25) is 9.59 Å². The van der Waals surface area contributed by atoms with Crippen LogP contribution in [0.25, 0.3) is 11.3 Å². The summed E-state index contributed by atoms with van der Waals surface area (Å²) in [5, 5.41) is 0. The monoisotopic (exact) mass is 474 g/mol. The average Bonchev–Trinajstić information content (AvgIpc) is 3.64. The lowest BCUT2D eigenvalue weighted by molar-refractivity contribution is 0.0763. The molecule has 0 radical (unpaired) electrons. The van der Waals surface area contributed by atoms with Gasteiger partial charge in [-0.1, -0.05) is 57.2 Å². The molecule has 0 bridgehead atoms. The minimum atomic E-state index is -0.310. The van der Waals surface area contributed by atoms with Crippen molar-refractivity contribution in [2.24, 2.45) is 11.3 Å². The molecule has 1 aliphatic carbocycles. The van der Waals surface area contributed by atoms with Crippen molar-refractivity contribution < 1.29 is 6.22 Å². The third-order valence-electron chi connectivity index (χ3n) is 7.66. The van der Waals surface area contributed by atoms with E-state index in [1.165, 1.54) is 30.9 Å². The van der Waals surface area contributed by atoms with Gasteiger partial charge in [-0.2, -0.15) is 0 Å². The summed E-state index contributed by atoms with van der Waals surface area (Å²) in [5.41, 5.74) is 5.29. The van der Waals surface area contributed by atoms with Gasteiger partial charge in [0, 0.05) is 32.9 Å². The number of benzene rings is 1. The Balaban J connectivity index is 0.00000148. The molecule has 1 fully saturated rings. The zero-order chi connectivity index (χ0) is 26.1. The Kier molecular flexibility index (Phi) is 7.45. The van der Waals surface area contributed by atoms with Crippen LogP contribution in [0, 0.1) is 11.3 Å². The molecule has 0 amide bonds. The van der Waals surface area contributed by atoms with E-state index in [1.807, 2.05) is 12.3 Å². The van der Waals surface area contributed by atoms with Crippen molar-refractivity contribution in [2.75, 3.05) is 13.6 Å². The lowest BCUT2D eigenvalue weighted by Gasteiger charge is -2.52. The van der Waals surface area contributed by atoms with Crippen LogP contribution in [0.1, 0.15) is 77.4 Å². The lowest BCUT2D eigenvalue weighted by atomic mass is 9.72. The van der Waals surface area contributed by atoms with E-state index in [4.69, 9.17) is 0 Å². The van der Waals surface area contributed by atoms with Gasteiger partial charge in [-0.15, -0.1) is 13.2 Å². The van der Waals surface area contributed by atoms with Crippen LogP contribution in [-0.4, -0.2) is 28.8 Å². The Morgan fingerprint density at radius 3 is 2.26 bits per heavy atom. The first kappa shape index (κ1) is 26.5. The largest absolute Gasteiger partial charge is 0.370 e. The molecule has 1 aromatic carbocycles. The zero-order valence-electron chi connectivity index (χ0n) is 22.4. The maximum Gasteiger partial charge on any atom is 0.193 e. The molecule has 1 aromatic heterocycles. The van der Waals surface area contributed by atoms with Crippen molar-refractivity contribution in [3.8, 4) is 0 Å². The number of hydrogen-bond donors (Lipinski definition) is 0. The predicted molar refractivity (Wildman–Crippen MR) is 150 cm³/mol. The zero-order valence-corrected chi connectivity index (χ0v) is 22.4. The fourth-order valence-electron chi connectivity index (χ4n) is 5.14. The van der Waals surface area contributed by atoms with Gasteiger partial charge < -0.3 is 9.47 Å². The Bertz CT molecular complexity index is 1230. The Labute approximate surface area is 212 Å². The molecule has 0 spiro atoms. The number of fused-ring (bicyclic) bond motifs is 1. The quantitative estimate of drug-likeness (QED) is 0.353. The molecule has 2 aromatic rings. The van der Waals surface area contributed by atoms with E-state index in [2.05, 4.69) is 94.6 Å². The fourth-order valence-corrected chi connectivity index (χ4v) is 5.14. The van der Waals surface area contributed by atoms with Gasteiger partial charge in [0.05, 0.1) is 22.5 Å². The number of ketones is 1. The third kappa shape index (κ3) is 4.71. The SMILES string of the molecule is C/C=C(/C(=C1/c2cc(=O)c(C(C)=O)cn2[C@](C)(C(C)(C)C)CN1C)c1ccccc1)C1CC1.C=C.[HH]. The number of nitrogens with zero attached hydrogens (tertiary/aromatic N) is 2. The summed E-state index contributed by atoms with van der Waals surface area (Å²) < 4.78 is 2.21. The molecule has 2 aliphatic rings. The normalized spacial score (nSPS) is 21.6. The van der Waals surface area contributed by atoms with Crippen LogP contribution < -0.4 is 5.43 Å². The predicted octanol–water partition coefficient (Wildman–Crippen LogP) is 7.03. The van der Waals surface area contributed by atoms with Crippen LogP contribution in [0.4, 0.5) is 0 Å². The van der Waals surface area contributed by atoms with E-state index < -0.39 is 0 Å². The van der Waals surface area contributed by atoms with Crippen molar-refractivity contribution in [2.45, 2.75) is 59.9 Å². The van der Waals surface area contributed by atoms with E-state index >= 15 is 0 Å². The molecular formula is C31H42N2O2. The second kappa shape index (κ2) is 9.85. The summed E-state index contributed by atoms with van der Waals surface area (Å²) in [6.45, 7) is 19.3. The number of carbonyl (C=O) groups excluding carboxylic acids is 1. The first-order chi connectivity index (χ1) is 16.5. The van der Waals surface area contributed by atoms with Gasteiger partial charge in [0.1, 0.15) is 0 Å². The summed E-state index contributed by atoms with van der Waals surface area (Å²) in [7, 11) is 2.13. The van der Waals surface area contributed by atoms with E-state index in [0.717, 1.165) is 23.5 Å². The molecule has 4 heteroatoms. The Morgan fingerprint density at radius 1 is 1.17 bits per heavy atom. The van der Waals surface area contributed by atoms with Crippen LogP contribution in [0.5, 0.6) is 0 Å². The van der Waals surface area contributed by atoms with Crippen LogP contribution in [0.2, 0.25) is 0 Å². The highest BCUT2D eigenvalue weighted by atomic mass is 16.1. The second-order valence-electron chi connectivity index (χ2n) is 10.9. The Hall–Kier alpha value is -3.14. The summed E-state index contributed by atoms with van der Waals surface area (Å²) in [6.07, 6.45) is 6.45. The fraction of sp³-hybridized carbons (Fsp3) is 0.419. The smallest absolute Gasteiger partial charge is 0.193 e. The highest BCUT2D eigenvalue weighted by molar-refractivity contribution is 5.99.